The van der Waals surface area contributed by atoms with E-state index in [4.69, 9.17) is 5.84 Å². The lowest BCUT2D eigenvalue weighted by Gasteiger charge is -2.16. The van der Waals surface area contributed by atoms with Crippen LogP contribution in [0.25, 0.3) is 0 Å². The average Bonchev–Trinajstić information content (AvgIpc) is 2.42. The molecular formula is C16H18F2N2S. The molecule has 0 amide bonds. The van der Waals surface area contributed by atoms with E-state index in [0.29, 0.717) is 12.0 Å². The van der Waals surface area contributed by atoms with Crippen molar-refractivity contribution in [1.82, 2.24) is 5.43 Å². The minimum absolute atomic E-state index is 0.0586. The van der Waals surface area contributed by atoms with Gasteiger partial charge in [0.2, 0.25) is 0 Å². The fraction of sp³-hybridized carbons (Fsp3) is 0.250. The molecule has 0 radical (unpaired) electrons. The highest BCUT2D eigenvalue weighted by molar-refractivity contribution is 7.99. The van der Waals surface area contributed by atoms with Crippen LogP contribution in [0.1, 0.15) is 11.1 Å². The molecule has 1 atom stereocenters. The summed E-state index contributed by atoms with van der Waals surface area (Å²) < 4.78 is 26.4. The van der Waals surface area contributed by atoms with Crippen molar-refractivity contribution in [2.45, 2.75) is 24.3 Å². The number of benzene rings is 2. The minimum Gasteiger partial charge on any atom is -0.271 e. The first-order valence-electron chi connectivity index (χ1n) is 6.67. The van der Waals surface area contributed by atoms with Crippen molar-refractivity contribution in [3.05, 3.63) is 65.2 Å². The molecule has 0 spiro atoms. The Morgan fingerprint density at radius 3 is 2.48 bits per heavy atom. The summed E-state index contributed by atoms with van der Waals surface area (Å²) in [5, 5.41) is 0. The molecule has 21 heavy (non-hydrogen) atoms. The molecule has 0 saturated heterocycles. The van der Waals surface area contributed by atoms with Gasteiger partial charge in [0.25, 0.3) is 0 Å². The molecule has 0 heterocycles. The first-order chi connectivity index (χ1) is 10.1. The van der Waals surface area contributed by atoms with Gasteiger partial charge >= 0.3 is 0 Å². The van der Waals surface area contributed by atoms with Gasteiger partial charge in [-0.1, -0.05) is 17.7 Å². The van der Waals surface area contributed by atoms with Gasteiger partial charge in [-0.15, -0.1) is 11.8 Å². The van der Waals surface area contributed by atoms with Crippen LogP contribution in [0, 0.1) is 18.6 Å². The highest BCUT2D eigenvalue weighted by Gasteiger charge is 2.10. The molecule has 0 fully saturated rings. The number of hydrogen-bond donors (Lipinski definition) is 2. The molecule has 0 aliphatic rings. The molecule has 0 aliphatic heterocycles. The Balaban J connectivity index is 1.96. The molecule has 0 saturated carbocycles. The molecule has 3 N–H and O–H groups in total. The van der Waals surface area contributed by atoms with Gasteiger partial charge in [-0.3, -0.25) is 11.3 Å². The Labute approximate surface area is 127 Å². The maximum atomic E-state index is 13.2. The summed E-state index contributed by atoms with van der Waals surface area (Å²) in [4.78, 5) is 1.15. The second kappa shape index (κ2) is 7.54. The van der Waals surface area contributed by atoms with E-state index in [-0.39, 0.29) is 6.04 Å². The molecular weight excluding hydrogens is 290 g/mol. The van der Waals surface area contributed by atoms with Gasteiger partial charge in [-0.2, -0.15) is 0 Å². The van der Waals surface area contributed by atoms with E-state index in [1.54, 1.807) is 11.8 Å². The zero-order valence-corrected chi connectivity index (χ0v) is 12.6. The topological polar surface area (TPSA) is 38.0 Å². The van der Waals surface area contributed by atoms with Gasteiger partial charge in [-0.25, -0.2) is 8.78 Å². The molecule has 2 aromatic carbocycles. The molecule has 112 valence electrons. The smallest absolute Gasteiger partial charge is 0.126 e. The van der Waals surface area contributed by atoms with Crippen LogP contribution in [0.4, 0.5) is 8.78 Å². The normalized spacial score (nSPS) is 12.4. The van der Waals surface area contributed by atoms with Gasteiger partial charge in [0, 0.05) is 22.8 Å². The first-order valence-corrected chi connectivity index (χ1v) is 7.66. The number of aryl methyl sites for hydroxylation is 1. The van der Waals surface area contributed by atoms with Crippen LogP contribution in [-0.4, -0.2) is 11.8 Å². The Kier molecular flexibility index (Phi) is 5.73. The number of hydrazine groups is 1. The molecule has 1 unspecified atom stereocenters. The van der Waals surface area contributed by atoms with Gasteiger partial charge < -0.3 is 0 Å². The summed E-state index contributed by atoms with van der Waals surface area (Å²) in [6.45, 7) is 2.04. The molecule has 2 nitrogen and oxygen atoms in total. The monoisotopic (exact) mass is 308 g/mol. The standard InChI is InChI=1S/C16H18F2N2S/c1-11-3-2-4-16(5-11)21-10-15(20-19)8-12-6-13(17)9-14(18)7-12/h2-7,9,15,20H,8,10,19H2,1H3. The second-order valence-corrected chi connectivity index (χ2v) is 6.07. The van der Waals surface area contributed by atoms with Crippen LogP contribution in [-0.2, 0) is 6.42 Å². The maximum Gasteiger partial charge on any atom is 0.126 e. The van der Waals surface area contributed by atoms with Gasteiger partial charge in [0.05, 0.1) is 0 Å². The lowest BCUT2D eigenvalue weighted by molar-refractivity contribution is 0.556. The zero-order valence-electron chi connectivity index (χ0n) is 11.8. The summed E-state index contributed by atoms with van der Waals surface area (Å²) in [6, 6.07) is 11.7. The Morgan fingerprint density at radius 1 is 1.14 bits per heavy atom. The van der Waals surface area contributed by atoms with Crippen LogP contribution in [0.2, 0.25) is 0 Å². The van der Waals surface area contributed by atoms with Crippen molar-refractivity contribution < 1.29 is 8.78 Å². The van der Waals surface area contributed by atoms with Gasteiger partial charge in [-0.05, 0) is 43.2 Å². The molecule has 2 aromatic rings. The summed E-state index contributed by atoms with van der Waals surface area (Å²) in [5.74, 6) is 5.13. The number of nitrogens with two attached hydrogens (primary N) is 1. The Bertz CT molecular complexity index is 584. The van der Waals surface area contributed by atoms with Crippen LogP contribution in [0.5, 0.6) is 0 Å². The van der Waals surface area contributed by atoms with E-state index in [9.17, 15) is 8.78 Å². The SMILES string of the molecule is Cc1cccc(SCC(Cc2cc(F)cc(F)c2)NN)c1. The third-order valence-electron chi connectivity index (χ3n) is 3.08. The van der Waals surface area contributed by atoms with Gasteiger partial charge in [0.1, 0.15) is 11.6 Å². The molecule has 2 rings (SSSR count). The fourth-order valence-electron chi connectivity index (χ4n) is 2.08. The van der Waals surface area contributed by atoms with E-state index in [2.05, 4.69) is 11.5 Å². The van der Waals surface area contributed by atoms with E-state index in [1.165, 1.54) is 17.7 Å². The fourth-order valence-corrected chi connectivity index (χ4v) is 3.13. The summed E-state index contributed by atoms with van der Waals surface area (Å²) in [7, 11) is 0. The van der Waals surface area contributed by atoms with E-state index < -0.39 is 11.6 Å². The quantitative estimate of drug-likeness (QED) is 0.488. The van der Waals surface area contributed by atoms with E-state index in [1.807, 2.05) is 25.1 Å². The van der Waals surface area contributed by atoms with Crippen LogP contribution < -0.4 is 11.3 Å². The molecule has 5 heteroatoms. The lowest BCUT2D eigenvalue weighted by atomic mass is 10.1. The lowest BCUT2D eigenvalue weighted by Crippen LogP contribution is -2.38. The second-order valence-electron chi connectivity index (χ2n) is 4.97. The molecule has 0 bridgehead atoms. The number of thioether (sulfide) groups is 1. The van der Waals surface area contributed by atoms with Crippen LogP contribution in [0.15, 0.2) is 47.4 Å². The number of nitrogens with one attached hydrogen (secondary N) is 1. The first kappa shape index (κ1) is 15.9. The van der Waals surface area contributed by atoms with Crippen LogP contribution >= 0.6 is 11.8 Å². The highest BCUT2D eigenvalue weighted by Crippen LogP contribution is 2.21. The number of hydrogen-bond acceptors (Lipinski definition) is 3. The Morgan fingerprint density at radius 2 is 1.86 bits per heavy atom. The van der Waals surface area contributed by atoms with Gasteiger partial charge in [0.15, 0.2) is 0 Å². The predicted molar refractivity (Wildman–Crippen MR) is 83.1 cm³/mol. The van der Waals surface area contributed by atoms with E-state index in [0.717, 1.165) is 16.7 Å². The van der Waals surface area contributed by atoms with E-state index >= 15 is 0 Å². The summed E-state index contributed by atoms with van der Waals surface area (Å²) in [5.41, 5.74) is 4.50. The molecule has 0 aromatic heterocycles. The average molecular weight is 308 g/mol. The summed E-state index contributed by atoms with van der Waals surface area (Å²) in [6.07, 6.45) is 0.476. The Hall–Kier alpha value is -1.43. The maximum absolute atomic E-state index is 13.2. The molecule has 0 aliphatic carbocycles. The van der Waals surface area contributed by atoms with Crippen molar-refractivity contribution in [3.8, 4) is 0 Å². The number of rotatable bonds is 6. The zero-order chi connectivity index (χ0) is 15.2. The summed E-state index contributed by atoms with van der Waals surface area (Å²) >= 11 is 1.66. The largest absolute Gasteiger partial charge is 0.271 e. The van der Waals surface area contributed by atoms with Crippen molar-refractivity contribution in [2.75, 3.05) is 5.75 Å². The van der Waals surface area contributed by atoms with Crippen molar-refractivity contribution in [3.63, 3.8) is 0 Å². The number of halogens is 2. The van der Waals surface area contributed by atoms with Crippen molar-refractivity contribution in [1.29, 1.82) is 0 Å². The highest BCUT2D eigenvalue weighted by atomic mass is 32.2. The third-order valence-corrected chi connectivity index (χ3v) is 4.24. The predicted octanol–water partition coefficient (Wildman–Crippen LogP) is 3.44. The van der Waals surface area contributed by atoms with Crippen molar-refractivity contribution >= 4 is 11.8 Å². The van der Waals surface area contributed by atoms with Crippen LogP contribution in [0.3, 0.4) is 0 Å². The third kappa shape index (κ3) is 5.12. The van der Waals surface area contributed by atoms with Crippen molar-refractivity contribution in [2.24, 2.45) is 5.84 Å². The minimum atomic E-state index is -0.563.